The van der Waals surface area contributed by atoms with Crippen LogP contribution in [0.4, 0.5) is 0 Å². The summed E-state index contributed by atoms with van der Waals surface area (Å²) in [5.41, 5.74) is 4.66. The van der Waals surface area contributed by atoms with Gasteiger partial charge in [-0.25, -0.2) is 15.0 Å². The van der Waals surface area contributed by atoms with Gasteiger partial charge in [-0.2, -0.15) is 0 Å². The second-order valence-corrected chi connectivity index (χ2v) is 14.4. The first kappa shape index (κ1) is 26.3. The molecule has 0 amide bonds. The molecular weight excluding hydrogens is 623 g/mol. The van der Waals surface area contributed by atoms with Crippen LogP contribution in [0.25, 0.3) is 106 Å². The standard InChI is InChI=1S/C43H23N3S2/c1-2-13-27-26(12-1)37-28-14-3-7-17-32(28)44-41(39(37)38-30-16-6-10-20-35(30)48-42(27)38)43-45-33-18-8-4-15-29(33)40(46-43)24-21-22-36-31(23-24)25-11-5-9-19-34(25)47-36/h1-23H. The number of hydrogen-bond acceptors (Lipinski definition) is 5. The Kier molecular flexibility index (Phi) is 5.42. The van der Waals surface area contributed by atoms with E-state index in [1.165, 1.54) is 56.5 Å². The molecule has 0 unspecified atom stereocenters. The molecule has 0 aliphatic carbocycles. The van der Waals surface area contributed by atoms with E-state index in [4.69, 9.17) is 15.0 Å². The Morgan fingerprint density at radius 1 is 0.354 bits per heavy atom. The lowest BCUT2D eigenvalue weighted by molar-refractivity contribution is 1.21. The highest BCUT2D eigenvalue weighted by atomic mass is 32.1. The van der Waals surface area contributed by atoms with Gasteiger partial charge in [-0.15, -0.1) is 22.7 Å². The molecule has 0 saturated carbocycles. The Hall–Kier alpha value is -5.75. The number of para-hydroxylation sites is 2. The molecule has 4 heterocycles. The minimum Gasteiger partial charge on any atom is -0.244 e. The third kappa shape index (κ3) is 3.66. The lowest BCUT2D eigenvalue weighted by atomic mass is 9.93. The van der Waals surface area contributed by atoms with Gasteiger partial charge in [0.1, 0.15) is 5.69 Å². The smallest absolute Gasteiger partial charge is 0.180 e. The maximum Gasteiger partial charge on any atom is 0.180 e. The highest BCUT2D eigenvalue weighted by Gasteiger charge is 2.23. The van der Waals surface area contributed by atoms with Gasteiger partial charge in [-0.05, 0) is 41.8 Å². The van der Waals surface area contributed by atoms with Crippen LogP contribution in [0.5, 0.6) is 0 Å². The zero-order valence-corrected chi connectivity index (χ0v) is 27.1. The summed E-state index contributed by atoms with van der Waals surface area (Å²) in [6.07, 6.45) is 0. The molecule has 0 spiro atoms. The van der Waals surface area contributed by atoms with Crippen molar-refractivity contribution in [3.05, 3.63) is 140 Å². The molecule has 0 saturated heterocycles. The van der Waals surface area contributed by atoms with E-state index in [1.54, 1.807) is 0 Å². The second-order valence-electron chi connectivity index (χ2n) is 12.3. The number of pyridine rings is 1. The topological polar surface area (TPSA) is 38.7 Å². The van der Waals surface area contributed by atoms with Crippen LogP contribution >= 0.6 is 22.7 Å². The molecule has 11 rings (SSSR count). The fraction of sp³-hybridized carbons (Fsp3) is 0. The molecule has 7 aromatic carbocycles. The molecule has 0 N–H and O–H groups in total. The normalized spacial score (nSPS) is 12.2. The van der Waals surface area contributed by atoms with E-state index in [1.807, 2.05) is 22.7 Å². The van der Waals surface area contributed by atoms with Crippen LogP contribution in [0, 0.1) is 0 Å². The largest absolute Gasteiger partial charge is 0.244 e. The molecule has 0 fully saturated rings. The average Bonchev–Trinajstić information content (AvgIpc) is 3.73. The number of thiophene rings is 2. The van der Waals surface area contributed by atoms with Gasteiger partial charge in [0, 0.05) is 72.8 Å². The minimum atomic E-state index is 0.640. The molecule has 222 valence electrons. The predicted molar refractivity (Wildman–Crippen MR) is 207 cm³/mol. The fourth-order valence-electron chi connectivity index (χ4n) is 7.56. The van der Waals surface area contributed by atoms with E-state index < -0.39 is 0 Å². The quantitative estimate of drug-likeness (QED) is 0.176. The van der Waals surface area contributed by atoms with Gasteiger partial charge in [0.05, 0.1) is 16.7 Å². The molecule has 3 nitrogen and oxygen atoms in total. The third-order valence-corrected chi connectivity index (χ3v) is 12.0. The van der Waals surface area contributed by atoms with E-state index >= 15 is 0 Å². The summed E-state index contributed by atoms with van der Waals surface area (Å²) in [6, 6.07) is 49.8. The summed E-state index contributed by atoms with van der Waals surface area (Å²) in [7, 11) is 0. The summed E-state index contributed by atoms with van der Waals surface area (Å²) in [5, 5.41) is 12.0. The van der Waals surface area contributed by atoms with Crippen molar-refractivity contribution in [1.29, 1.82) is 0 Å². The number of aromatic nitrogens is 3. The summed E-state index contributed by atoms with van der Waals surface area (Å²) >= 11 is 3.69. The molecule has 48 heavy (non-hydrogen) atoms. The molecule has 0 aliphatic heterocycles. The zero-order chi connectivity index (χ0) is 31.3. The van der Waals surface area contributed by atoms with E-state index in [-0.39, 0.29) is 0 Å². The number of benzene rings is 7. The van der Waals surface area contributed by atoms with Crippen LogP contribution < -0.4 is 0 Å². The Morgan fingerprint density at radius 2 is 0.958 bits per heavy atom. The van der Waals surface area contributed by atoms with Crippen LogP contribution in [0.1, 0.15) is 0 Å². The van der Waals surface area contributed by atoms with Crippen molar-refractivity contribution in [3.63, 3.8) is 0 Å². The number of hydrogen-bond donors (Lipinski definition) is 0. The Morgan fingerprint density at radius 3 is 1.77 bits per heavy atom. The van der Waals surface area contributed by atoms with Gasteiger partial charge in [0.2, 0.25) is 0 Å². The van der Waals surface area contributed by atoms with E-state index in [9.17, 15) is 0 Å². The average molecular weight is 646 g/mol. The monoisotopic (exact) mass is 645 g/mol. The van der Waals surface area contributed by atoms with Gasteiger partial charge in [-0.3, -0.25) is 0 Å². The van der Waals surface area contributed by atoms with Gasteiger partial charge >= 0.3 is 0 Å². The fourth-order valence-corrected chi connectivity index (χ4v) is 9.89. The lowest BCUT2D eigenvalue weighted by Crippen LogP contribution is -1.99. The van der Waals surface area contributed by atoms with Crippen LogP contribution in [-0.2, 0) is 0 Å². The van der Waals surface area contributed by atoms with Crippen molar-refractivity contribution in [2.45, 2.75) is 0 Å². The number of rotatable bonds is 2. The first-order valence-electron chi connectivity index (χ1n) is 16.0. The molecule has 0 atom stereocenters. The number of fused-ring (bicyclic) bond motifs is 14. The molecule has 0 bridgehead atoms. The number of nitrogens with zero attached hydrogens (tertiary/aromatic N) is 3. The highest BCUT2D eigenvalue weighted by molar-refractivity contribution is 7.27. The highest BCUT2D eigenvalue weighted by Crippen LogP contribution is 2.48. The summed E-state index contributed by atoms with van der Waals surface area (Å²) in [6.45, 7) is 0. The van der Waals surface area contributed by atoms with Gasteiger partial charge in [0.15, 0.2) is 5.82 Å². The SMILES string of the molecule is c1ccc2c(-c3ccc4sc5ccccc5c4c3)nc(-c3nc4ccccc4c4c5ccccc5c5sc6ccccc6c5c34)nc2c1. The maximum atomic E-state index is 5.45. The van der Waals surface area contributed by atoms with Crippen LogP contribution in [-0.4, -0.2) is 15.0 Å². The van der Waals surface area contributed by atoms with E-state index in [2.05, 4.69) is 140 Å². The van der Waals surface area contributed by atoms with E-state index in [0.717, 1.165) is 44.1 Å². The molecule has 11 aromatic rings. The van der Waals surface area contributed by atoms with Crippen molar-refractivity contribution >= 4 is 106 Å². The lowest BCUT2D eigenvalue weighted by Gasteiger charge is -2.15. The minimum absolute atomic E-state index is 0.640. The van der Waals surface area contributed by atoms with E-state index in [0.29, 0.717) is 5.82 Å². The molecule has 0 radical (unpaired) electrons. The maximum absolute atomic E-state index is 5.45. The molecular formula is C43H23N3S2. The molecule has 4 aromatic heterocycles. The van der Waals surface area contributed by atoms with Crippen molar-refractivity contribution in [2.24, 2.45) is 0 Å². The van der Waals surface area contributed by atoms with Crippen LogP contribution in [0.15, 0.2) is 140 Å². The van der Waals surface area contributed by atoms with Gasteiger partial charge < -0.3 is 0 Å². The first-order valence-corrected chi connectivity index (χ1v) is 17.7. The first-order chi connectivity index (χ1) is 23.8. The summed E-state index contributed by atoms with van der Waals surface area (Å²) < 4.78 is 5.11. The molecule has 5 heteroatoms. The van der Waals surface area contributed by atoms with Crippen molar-refractivity contribution in [3.8, 4) is 22.8 Å². The molecule has 0 aliphatic rings. The Labute approximate surface area is 282 Å². The summed E-state index contributed by atoms with van der Waals surface area (Å²) in [4.78, 5) is 16.2. The second kappa shape index (κ2) is 9.88. The van der Waals surface area contributed by atoms with Gasteiger partial charge in [0.25, 0.3) is 0 Å². The van der Waals surface area contributed by atoms with Crippen molar-refractivity contribution in [1.82, 2.24) is 15.0 Å². The Balaban J connectivity index is 1.31. The summed E-state index contributed by atoms with van der Waals surface area (Å²) in [5.74, 6) is 0.640. The van der Waals surface area contributed by atoms with Gasteiger partial charge in [-0.1, -0.05) is 103 Å². The predicted octanol–water partition coefficient (Wildman–Crippen LogP) is 12.6. The van der Waals surface area contributed by atoms with Crippen molar-refractivity contribution < 1.29 is 0 Å². The Bertz CT molecular complexity index is 3140. The zero-order valence-electron chi connectivity index (χ0n) is 25.4. The van der Waals surface area contributed by atoms with Crippen LogP contribution in [0.3, 0.4) is 0 Å². The van der Waals surface area contributed by atoms with Crippen LogP contribution in [0.2, 0.25) is 0 Å². The third-order valence-electron chi connectivity index (χ3n) is 9.64. The van der Waals surface area contributed by atoms with Crippen molar-refractivity contribution in [2.75, 3.05) is 0 Å².